The fourth-order valence-corrected chi connectivity index (χ4v) is 2.20. The molecule has 1 saturated heterocycles. The Balaban J connectivity index is 2.76. The fraction of sp³-hybridized carbons (Fsp3) is 0.833. The third-order valence-corrected chi connectivity index (χ3v) is 3.70. The molecule has 0 bridgehead atoms. The molecule has 18 heavy (non-hydrogen) atoms. The standard InChI is InChI=1S/C12H24N2O3Si/c1-12(2,3)14(9-17-18(4)5)11(16)13-8-6-7-10(13)15/h18H,6-9H2,1-5H3. The zero-order chi connectivity index (χ0) is 13.9. The maximum Gasteiger partial charge on any atom is 0.328 e. The molecule has 0 aromatic rings. The molecule has 1 aliphatic rings. The average molecular weight is 272 g/mol. The molecule has 0 saturated carbocycles. The molecule has 1 rings (SSSR count). The highest BCUT2D eigenvalue weighted by Gasteiger charge is 2.35. The second-order valence-electron chi connectivity index (χ2n) is 5.87. The average Bonchev–Trinajstić information content (AvgIpc) is 2.61. The highest BCUT2D eigenvalue weighted by molar-refractivity contribution is 6.48. The first-order valence-electron chi connectivity index (χ1n) is 6.47. The van der Waals surface area contributed by atoms with Crippen LogP contribution in [0.4, 0.5) is 4.79 Å². The second kappa shape index (κ2) is 5.84. The minimum atomic E-state index is -1.19. The van der Waals surface area contributed by atoms with E-state index in [4.69, 9.17) is 4.43 Å². The van der Waals surface area contributed by atoms with E-state index in [1.165, 1.54) is 4.90 Å². The van der Waals surface area contributed by atoms with Crippen LogP contribution in [0.3, 0.4) is 0 Å². The minimum Gasteiger partial charge on any atom is -0.403 e. The van der Waals surface area contributed by atoms with Gasteiger partial charge in [-0.1, -0.05) is 0 Å². The molecule has 0 atom stereocenters. The molecule has 5 nitrogen and oxygen atoms in total. The van der Waals surface area contributed by atoms with Gasteiger partial charge in [-0.15, -0.1) is 0 Å². The summed E-state index contributed by atoms with van der Waals surface area (Å²) in [7, 11) is -1.19. The molecule has 104 valence electrons. The summed E-state index contributed by atoms with van der Waals surface area (Å²) in [5, 5.41) is 0. The molecule has 0 N–H and O–H groups in total. The van der Waals surface area contributed by atoms with Crippen molar-refractivity contribution in [2.24, 2.45) is 0 Å². The summed E-state index contributed by atoms with van der Waals surface area (Å²) < 4.78 is 5.65. The predicted molar refractivity (Wildman–Crippen MR) is 72.8 cm³/mol. The maximum absolute atomic E-state index is 12.4. The molecule has 6 heteroatoms. The van der Waals surface area contributed by atoms with Gasteiger partial charge in [-0.05, 0) is 40.3 Å². The number of amides is 3. The quantitative estimate of drug-likeness (QED) is 0.581. The van der Waals surface area contributed by atoms with Crippen LogP contribution >= 0.6 is 0 Å². The molecule has 0 aliphatic carbocycles. The number of carbonyl (C=O) groups is 2. The lowest BCUT2D eigenvalue weighted by molar-refractivity contribution is -0.126. The Kier molecular flexibility index (Phi) is 4.92. The van der Waals surface area contributed by atoms with Crippen LogP contribution in [0.25, 0.3) is 0 Å². The number of rotatable bonds is 3. The molecule has 1 fully saturated rings. The molecule has 0 spiro atoms. The molecule has 1 aliphatic heterocycles. The van der Waals surface area contributed by atoms with E-state index in [0.717, 1.165) is 6.42 Å². The van der Waals surface area contributed by atoms with Crippen molar-refractivity contribution in [2.45, 2.75) is 52.2 Å². The van der Waals surface area contributed by atoms with Crippen molar-refractivity contribution < 1.29 is 14.0 Å². The van der Waals surface area contributed by atoms with E-state index >= 15 is 0 Å². The third-order valence-electron chi connectivity index (χ3n) is 2.88. The van der Waals surface area contributed by atoms with Crippen LogP contribution in [0.5, 0.6) is 0 Å². The van der Waals surface area contributed by atoms with Gasteiger partial charge < -0.3 is 4.43 Å². The topological polar surface area (TPSA) is 49.9 Å². The number of imide groups is 1. The smallest absolute Gasteiger partial charge is 0.328 e. The predicted octanol–water partition coefficient (Wildman–Crippen LogP) is 1.79. The SMILES string of the molecule is C[SiH](C)OCN(C(=O)N1CCCC1=O)C(C)(C)C. The summed E-state index contributed by atoms with van der Waals surface area (Å²) in [5.41, 5.74) is -0.344. The summed E-state index contributed by atoms with van der Waals surface area (Å²) in [6.07, 6.45) is 1.24. The van der Waals surface area contributed by atoms with Crippen molar-refractivity contribution in [3.63, 3.8) is 0 Å². The van der Waals surface area contributed by atoms with Crippen LogP contribution in [0.2, 0.25) is 13.1 Å². The lowest BCUT2D eigenvalue weighted by atomic mass is 10.1. The molecule has 0 radical (unpaired) electrons. The van der Waals surface area contributed by atoms with E-state index in [9.17, 15) is 9.59 Å². The van der Waals surface area contributed by atoms with Gasteiger partial charge in [0.15, 0.2) is 9.04 Å². The van der Waals surface area contributed by atoms with Crippen molar-refractivity contribution in [2.75, 3.05) is 13.3 Å². The van der Waals surface area contributed by atoms with Gasteiger partial charge in [0.05, 0.1) is 0 Å². The summed E-state index contributed by atoms with van der Waals surface area (Å²) >= 11 is 0. The number of likely N-dealkylation sites (tertiary alicyclic amines) is 1. The van der Waals surface area contributed by atoms with Crippen molar-refractivity contribution in [3.05, 3.63) is 0 Å². The highest BCUT2D eigenvalue weighted by Crippen LogP contribution is 2.19. The minimum absolute atomic E-state index is 0.0731. The van der Waals surface area contributed by atoms with Gasteiger partial charge in [0, 0.05) is 18.5 Å². The number of hydrogen-bond acceptors (Lipinski definition) is 3. The number of hydrogen-bond donors (Lipinski definition) is 0. The molecule has 0 unspecified atom stereocenters. The largest absolute Gasteiger partial charge is 0.403 e. The number of nitrogens with zero attached hydrogens (tertiary/aromatic N) is 2. The van der Waals surface area contributed by atoms with Crippen LogP contribution in [0.1, 0.15) is 33.6 Å². The van der Waals surface area contributed by atoms with Crippen molar-refractivity contribution in [1.29, 1.82) is 0 Å². The number of urea groups is 1. The van der Waals surface area contributed by atoms with Gasteiger partial charge in [-0.2, -0.15) is 0 Å². The number of carbonyl (C=O) groups excluding carboxylic acids is 2. The van der Waals surface area contributed by atoms with Crippen molar-refractivity contribution in [1.82, 2.24) is 9.80 Å². The van der Waals surface area contributed by atoms with Crippen LogP contribution in [0, 0.1) is 0 Å². The Bertz CT molecular complexity index is 326. The molecule has 3 amide bonds. The van der Waals surface area contributed by atoms with Crippen LogP contribution in [-0.2, 0) is 9.22 Å². The van der Waals surface area contributed by atoms with E-state index in [-0.39, 0.29) is 24.2 Å². The lowest BCUT2D eigenvalue weighted by Crippen LogP contribution is -2.53. The van der Waals surface area contributed by atoms with E-state index in [2.05, 4.69) is 13.1 Å². The van der Waals surface area contributed by atoms with Gasteiger partial charge in [-0.25, -0.2) is 4.79 Å². The molecular weight excluding hydrogens is 248 g/mol. The lowest BCUT2D eigenvalue weighted by Gasteiger charge is -2.37. The second-order valence-corrected chi connectivity index (χ2v) is 8.31. The van der Waals surface area contributed by atoms with E-state index < -0.39 is 9.04 Å². The summed E-state index contributed by atoms with van der Waals surface area (Å²) in [6, 6.07) is -0.223. The first-order chi connectivity index (χ1) is 8.23. The van der Waals surface area contributed by atoms with Crippen molar-refractivity contribution in [3.8, 4) is 0 Å². The Morgan fingerprint density at radius 3 is 2.44 bits per heavy atom. The van der Waals surface area contributed by atoms with E-state index in [0.29, 0.717) is 13.0 Å². The van der Waals surface area contributed by atoms with Gasteiger partial charge in [0.2, 0.25) is 5.91 Å². The van der Waals surface area contributed by atoms with E-state index in [1.807, 2.05) is 20.8 Å². The third kappa shape index (κ3) is 3.81. The van der Waals surface area contributed by atoms with Crippen LogP contribution < -0.4 is 0 Å². The Morgan fingerprint density at radius 1 is 1.44 bits per heavy atom. The molecular formula is C12H24N2O3Si. The first kappa shape index (κ1) is 15.2. The Hall–Kier alpha value is -0.883. The Morgan fingerprint density at radius 2 is 2.06 bits per heavy atom. The van der Waals surface area contributed by atoms with Gasteiger partial charge >= 0.3 is 6.03 Å². The fourth-order valence-electron chi connectivity index (χ4n) is 1.76. The monoisotopic (exact) mass is 272 g/mol. The summed E-state index contributed by atoms with van der Waals surface area (Å²) in [5.74, 6) is -0.0731. The molecule has 0 aromatic heterocycles. The first-order valence-corrected chi connectivity index (χ1v) is 9.25. The van der Waals surface area contributed by atoms with Crippen LogP contribution in [0.15, 0.2) is 0 Å². The van der Waals surface area contributed by atoms with Crippen molar-refractivity contribution >= 4 is 21.0 Å². The molecule has 1 heterocycles. The van der Waals surface area contributed by atoms with Gasteiger partial charge in [0.25, 0.3) is 0 Å². The zero-order valence-corrected chi connectivity index (χ0v) is 13.2. The summed E-state index contributed by atoms with van der Waals surface area (Å²) in [6.45, 7) is 10.8. The van der Waals surface area contributed by atoms with Gasteiger partial charge in [0.1, 0.15) is 6.73 Å². The van der Waals surface area contributed by atoms with Crippen LogP contribution in [-0.4, -0.2) is 49.6 Å². The summed E-state index contributed by atoms with van der Waals surface area (Å²) in [4.78, 5) is 27.0. The highest BCUT2D eigenvalue weighted by atomic mass is 28.3. The maximum atomic E-state index is 12.4. The van der Waals surface area contributed by atoms with E-state index in [1.54, 1.807) is 4.90 Å². The molecule has 0 aromatic carbocycles. The van der Waals surface area contributed by atoms with Gasteiger partial charge in [-0.3, -0.25) is 14.6 Å². The normalized spacial score (nSPS) is 16.6. The zero-order valence-electron chi connectivity index (χ0n) is 12.0. The Labute approximate surface area is 111 Å².